The summed E-state index contributed by atoms with van der Waals surface area (Å²) in [5, 5.41) is 0.485. The van der Waals surface area contributed by atoms with Crippen LogP contribution in [0.5, 0.6) is 0 Å². The number of halogens is 1. The molecule has 0 aliphatic rings. The Hall–Kier alpha value is -1.38. The zero-order valence-corrected chi connectivity index (χ0v) is 9.83. The monoisotopic (exact) mass is 232 g/mol. The van der Waals surface area contributed by atoms with Gasteiger partial charge in [-0.25, -0.2) is 4.98 Å². The van der Waals surface area contributed by atoms with Crippen LogP contribution in [0.3, 0.4) is 0 Å². The maximum Gasteiger partial charge on any atom is 0.133 e. The number of hydrogen-bond acceptors (Lipinski definition) is 2. The Labute approximate surface area is 100 Å². The van der Waals surface area contributed by atoms with Gasteiger partial charge in [0.25, 0.3) is 0 Å². The van der Waals surface area contributed by atoms with Crippen molar-refractivity contribution in [2.45, 2.75) is 13.5 Å². The van der Waals surface area contributed by atoms with Crippen molar-refractivity contribution >= 4 is 11.6 Å². The molecule has 0 radical (unpaired) electrons. The van der Waals surface area contributed by atoms with Crippen molar-refractivity contribution in [2.75, 3.05) is 0 Å². The second-order valence-electron chi connectivity index (χ2n) is 3.74. The van der Waals surface area contributed by atoms with Gasteiger partial charge in [-0.3, -0.25) is 0 Å². The molecule has 2 nitrogen and oxygen atoms in total. The molecular formula is C13H13ClN2. The summed E-state index contributed by atoms with van der Waals surface area (Å²) in [6.07, 6.45) is 1.77. The normalized spacial score (nSPS) is 10.4. The first-order valence-electron chi connectivity index (χ1n) is 5.12. The maximum absolute atomic E-state index is 5.92. The van der Waals surface area contributed by atoms with Crippen molar-refractivity contribution in [3.05, 3.63) is 52.8 Å². The highest BCUT2D eigenvalue weighted by molar-refractivity contribution is 6.30. The third-order valence-electron chi connectivity index (χ3n) is 2.52. The quantitative estimate of drug-likeness (QED) is 0.808. The third kappa shape index (κ3) is 2.23. The summed E-state index contributed by atoms with van der Waals surface area (Å²) in [4.78, 5) is 4.13. The molecule has 1 aromatic heterocycles. The van der Waals surface area contributed by atoms with E-state index in [4.69, 9.17) is 17.3 Å². The van der Waals surface area contributed by atoms with Gasteiger partial charge in [-0.15, -0.1) is 0 Å². The fourth-order valence-electron chi connectivity index (χ4n) is 1.54. The molecular weight excluding hydrogens is 220 g/mol. The highest BCUT2D eigenvalue weighted by Gasteiger charge is 2.03. The number of nitrogens with two attached hydrogens (primary N) is 1. The van der Waals surface area contributed by atoms with E-state index >= 15 is 0 Å². The smallest absolute Gasteiger partial charge is 0.133 e. The molecule has 0 spiro atoms. The van der Waals surface area contributed by atoms with E-state index in [1.807, 2.05) is 6.07 Å². The van der Waals surface area contributed by atoms with Gasteiger partial charge in [0.2, 0.25) is 0 Å². The Morgan fingerprint density at radius 1 is 1.19 bits per heavy atom. The third-order valence-corrected chi connectivity index (χ3v) is 2.86. The molecule has 0 aliphatic heterocycles. The summed E-state index contributed by atoms with van der Waals surface area (Å²) in [5.74, 6) is 0. The minimum absolute atomic E-state index is 0.408. The highest BCUT2D eigenvalue weighted by atomic mass is 35.5. The highest BCUT2D eigenvalue weighted by Crippen LogP contribution is 2.23. The predicted molar refractivity (Wildman–Crippen MR) is 67.3 cm³/mol. The summed E-state index contributed by atoms with van der Waals surface area (Å²) in [7, 11) is 0. The van der Waals surface area contributed by atoms with Gasteiger partial charge in [0.1, 0.15) is 5.15 Å². The average molecular weight is 233 g/mol. The van der Waals surface area contributed by atoms with E-state index in [1.165, 1.54) is 5.56 Å². The van der Waals surface area contributed by atoms with Crippen LogP contribution in [0.4, 0.5) is 0 Å². The Bertz CT molecular complexity index is 492. The second kappa shape index (κ2) is 4.64. The number of nitrogens with zero attached hydrogens (tertiary/aromatic N) is 1. The Kier molecular flexibility index (Phi) is 3.22. The number of aromatic nitrogens is 1. The van der Waals surface area contributed by atoms with Crippen molar-refractivity contribution in [3.8, 4) is 11.1 Å². The minimum atomic E-state index is 0.408. The van der Waals surface area contributed by atoms with E-state index in [-0.39, 0.29) is 0 Å². The van der Waals surface area contributed by atoms with Crippen LogP contribution in [0.2, 0.25) is 5.15 Å². The molecule has 0 atom stereocenters. The minimum Gasteiger partial charge on any atom is -0.326 e. The molecule has 0 aliphatic carbocycles. The SMILES string of the molecule is Cc1ccc(-c2cnc(Cl)c(CN)c2)cc1. The lowest BCUT2D eigenvalue weighted by atomic mass is 10.0. The van der Waals surface area contributed by atoms with E-state index < -0.39 is 0 Å². The molecule has 0 bridgehead atoms. The number of aryl methyl sites for hydroxylation is 1. The molecule has 3 heteroatoms. The van der Waals surface area contributed by atoms with Crippen molar-refractivity contribution < 1.29 is 0 Å². The van der Waals surface area contributed by atoms with E-state index in [0.717, 1.165) is 16.7 Å². The van der Waals surface area contributed by atoms with E-state index in [1.54, 1.807) is 6.20 Å². The summed E-state index contributed by atoms with van der Waals surface area (Å²) in [5.41, 5.74) is 9.89. The van der Waals surface area contributed by atoms with E-state index in [9.17, 15) is 0 Å². The van der Waals surface area contributed by atoms with Crippen molar-refractivity contribution in [3.63, 3.8) is 0 Å². The molecule has 0 amide bonds. The molecule has 0 unspecified atom stereocenters. The van der Waals surface area contributed by atoms with Gasteiger partial charge in [0, 0.05) is 23.9 Å². The van der Waals surface area contributed by atoms with Gasteiger partial charge in [0.15, 0.2) is 0 Å². The first-order chi connectivity index (χ1) is 7.70. The molecule has 16 heavy (non-hydrogen) atoms. The summed E-state index contributed by atoms with van der Waals surface area (Å²) in [6, 6.07) is 10.3. The largest absolute Gasteiger partial charge is 0.326 e. The second-order valence-corrected chi connectivity index (χ2v) is 4.10. The van der Waals surface area contributed by atoms with Crippen LogP contribution in [-0.2, 0) is 6.54 Å². The topological polar surface area (TPSA) is 38.9 Å². The Morgan fingerprint density at radius 3 is 2.50 bits per heavy atom. The fraction of sp³-hybridized carbons (Fsp3) is 0.154. The molecule has 82 valence electrons. The lowest BCUT2D eigenvalue weighted by molar-refractivity contribution is 1.05. The van der Waals surface area contributed by atoms with Crippen LogP contribution in [-0.4, -0.2) is 4.98 Å². The molecule has 0 saturated heterocycles. The fourth-order valence-corrected chi connectivity index (χ4v) is 1.72. The van der Waals surface area contributed by atoms with Gasteiger partial charge in [-0.2, -0.15) is 0 Å². The van der Waals surface area contributed by atoms with Gasteiger partial charge in [-0.05, 0) is 18.6 Å². The van der Waals surface area contributed by atoms with Gasteiger partial charge in [-0.1, -0.05) is 41.4 Å². The first-order valence-corrected chi connectivity index (χ1v) is 5.50. The maximum atomic E-state index is 5.92. The van der Waals surface area contributed by atoms with Crippen molar-refractivity contribution in [1.29, 1.82) is 0 Å². The molecule has 2 aromatic rings. The van der Waals surface area contributed by atoms with Gasteiger partial charge in [0.05, 0.1) is 0 Å². The number of rotatable bonds is 2. The summed E-state index contributed by atoms with van der Waals surface area (Å²) in [6.45, 7) is 2.47. The molecule has 2 rings (SSSR count). The molecule has 0 fully saturated rings. The number of hydrogen-bond donors (Lipinski definition) is 1. The van der Waals surface area contributed by atoms with Crippen LogP contribution >= 0.6 is 11.6 Å². The van der Waals surface area contributed by atoms with Crippen molar-refractivity contribution in [1.82, 2.24) is 4.98 Å². The zero-order chi connectivity index (χ0) is 11.5. The van der Waals surface area contributed by atoms with Crippen LogP contribution in [0.1, 0.15) is 11.1 Å². The van der Waals surface area contributed by atoms with Crippen molar-refractivity contribution in [2.24, 2.45) is 5.73 Å². The average Bonchev–Trinajstić information content (AvgIpc) is 2.31. The summed E-state index contributed by atoms with van der Waals surface area (Å²) < 4.78 is 0. The lowest BCUT2D eigenvalue weighted by Gasteiger charge is -2.05. The predicted octanol–water partition coefficient (Wildman–Crippen LogP) is 3.17. The Balaban J connectivity index is 2.44. The van der Waals surface area contributed by atoms with Crippen LogP contribution in [0.15, 0.2) is 36.5 Å². The number of pyridine rings is 1. The molecule has 0 saturated carbocycles. The zero-order valence-electron chi connectivity index (χ0n) is 9.07. The van der Waals surface area contributed by atoms with Crippen LogP contribution in [0.25, 0.3) is 11.1 Å². The number of benzene rings is 1. The Morgan fingerprint density at radius 2 is 1.88 bits per heavy atom. The first kappa shape index (κ1) is 11.1. The van der Waals surface area contributed by atoms with E-state index in [2.05, 4.69) is 36.2 Å². The van der Waals surface area contributed by atoms with Gasteiger partial charge >= 0.3 is 0 Å². The van der Waals surface area contributed by atoms with Crippen LogP contribution < -0.4 is 5.73 Å². The van der Waals surface area contributed by atoms with Crippen LogP contribution in [0, 0.1) is 6.92 Å². The molecule has 2 N–H and O–H groups in total. The molecule has 1 heterocycles. The molecule has 1 aromatic carbocycles. The summed E-state index contributed by atoms with van der Waals surface area (Å²) >= 11 is 5.92. The standard InChI is InChI=1S/C13H13ClN2/c1-9-2-4-10(5-3-9)12-6-11(7-15)13(14)16-8-12/h2-6,8H,7,15H2,1H3. The van der Waals surface area contributed by atoms with E-state index in [0.29, 0.717) is 11.7 Å². The van der Waals surface area contributed by atoms with Gasteiger partial charge < -0.3 is 5.73 Å². The lowest BCUT2D eigenvalue weighted by Crippen LogP contribution is -1.99.